The standard InChI is InChI=1S/C19H17Cl3N2O3/c1-18(10-19(18,21)22)11-27-13-8-6-12(7-9-13)23-17(26)24-16(25)14-4-2-3-5-15(14)20/h2-9H,10-11H2,1H3,(H2,23,24,25,26). The molecule has 0 aromatic heterocycles. The molecule has 2 aromatic carbocycles. The van der Waals surface area contributed by atoms with Crippen molar-refractivity contribution in [2.45, 2.75) is 17.7 Å². The van der Waals surface area contributed by atoms with Crippen LogP contribution in [0.1, 0.15) is 23.7 Å². The lowest BCUT2D eigenvalue weighted by Crippen LogP contribution is -2.34. The van der Waals surface area contributed by atoms with Gasteiger partial charge >= 0.3 is 6.03 Å². The fourth-order valence-electron chi connectivity index (χ4n) is 2.46. The summed E-state index contributed by atoms with van der Waals surface area (Å²) < 4.78 is 4.96. The number of benzene rings is 2. The van der Waals surface area contributed by atoms with Crippen molar-refractivity contribution in [1.29, 1.82) is 0 Å². The van der Waals surface area contributed by atoms with E-state index in [1.165, 1.54) is 6.07 Å². The van der Waals surface area contributed by atoms with Gasteiger partial charge in [-0.1, -0.05) is 30.7 Å². The second kappa shape index (κ2) is 7.58. The average molecular weight is 428 g/mol. The number of imide groups is 1. The Morgan fingerprint density at radius 1 is 1.11 bits per heavy atom. The highest BCUT2D eigenvalue weighted by Crippen LogP contribution is 2.63. The maximum atomic E-state index is 12.1. The fourth-order valence-corrected chi connectivity index (χ4v) is 3.38. The Bertz CT molecular complexity index is 871. The van der Waals surface area contributed by atoms with Crippen LogP contribution in [0, 0.1) is 5.41 Å². The predicted octanol–water partition coefficient (Wildman–Crippen LogP) is 5.26. The first-order chi connectivity index (χ1) is 12.7. The highest BCUT2D eigenvalue weighted by atomic mass is 35.5. The van der Waals surface area contributed by atoms with Crippen LogP contribution < -0.4 is 15.4 Å². The lowest BCUT2D eigenvalue weighted by atomic mass is 10.2. The molecule has 27 heavy (non-hydrogen) atoms. The smallest absolute Gasteiger partial charge is 0.326 e. The third-order valence-corrected chi connectivity index (χ3v) is 5.89. The minimum atomic E-state index is -0.735. The fraction of sp³-hybridized carbons (Fsp3) is 0.263. The summed E-state index contributed by atoms with van der Waals surface area (Å²) in [5.41, 5.74) is 0.473. The number of amides is 3. The van der Waals surface area contributed by atoms with E-state index in [0.717, 1.165) is 0 Å². The molecule has 0 saturated heterocycles. The number of carbonyl (C=O) groups is 2. The van der Waals surface area contributed by atoms with Crippen molar-refractivity contribution in [1.82, 2.24) is 5.32 Å². The van der Waals surface area contributed by atoms with E-state index in [9.17, 15) is 9.59 Å². The largest absolute Gasteiger partial charge is 0.493 e. The van der Waals surface area contributed by atoms with E-state index < -0.39 is 16.3 Å². The summed E-state index contributed by atoms with van der Waals surface area (Å²) in [5, 5.41) is 5.07. The van der Waals surface area contributed by atoms with E-state index in [0.29, 0.717) is 24.5 Å². The van der Waals surface area contributed by atoms with Crippen LogP contribution in [0.2, 0.25) is 5.02 Å². The van der Waals surface area contributed by atoms with Gasteiger partial charge in [-0.05, 0) is 42.8 Å². The van der Waals surface area contributed by atoms with Gasteiger partial charge < -0.3 is 10.1 Å². The Morgan fingerprint density at radius 3 is 2.33 bits per heavy atom. The molecule has 3 rings (SSSR count). The molecule has 5 nitrogen and oxygen atoms in total. The van der Waals surface area contributed by atoms with E-state index in [1.54, 1.807) is 42.5 Å². The summed E-state index contributed by atoms with van der Waals surface area (Å²) in [5.74, 6) is 0.0479. The molecule has 1 saturated carbocycles. The highest BCUT2D eigenvalue weighted by molar-refractivity contribution is 6.51. The van der Waals surface area contributed by atoms with E-state index in [1.807, 2.05) is 6.92 Å². The van der Waals surface area contributed by atoms with Gasteiger partial charge in [-0.3, -0.25) is 10.1 Å². The Kier molecular flexibility index (Phi) is 5.56. The van der Waals surface area contributed by atoms with Crippen molar-refractivity contribution >= 4 is 52.4 Å². The zero-order valence-electron chi connectivity index (χ0n) is 14.4. The van der Waals surface area contributed by atoms with E-state index in [-0.39, 0.29) is 16.0 Å². The van der Waals surface area contributed by atoms with Crippen LogP contribution in [0.25, 0.3) is 0 Å². The van der Waals surface area contributed by atoms with Crippen molar-refractivity contribution in [2.75, 3.05) is 11.9 Å². The molecular formula is C19H17Cl3N2O3. The van der Waals surface area contributed by atoms with Crippen LogP contribution in [0.5, 0.6) is 5.75 Å². The lowest BCUT2D eigenvalue weighted by molar-refractivity contribution is 0.0967. The van der Waals surface area contributed by atoms with Gasteiger partial charge in [0.15, 0.2) is 0 Å². The third-order valence-electron chi connectivity index (χ3n) is 4.39. The minimum absolute atomic E-state index is 0.223. The molecule has 0 bridgehead atoms. The summed E-state index contributed by atoms with van der Waals surface area (Å²) in [6.45, 7) is 2.36. The second-order valence-electron chi connectivity index (χ2n) is 6.64. The minimum Gasteiger partial charge on any atom is -0.493 e. The first kappa shape index (κ1) is 19.8. The van der Waals surface area contributed by atoms with Crippen LogP contribution in [0.3, 0.4) is 0 Å². The third kappa shape index (κ3) is 4.67. The number of anilines is 1. The zero-order chi connectivity index (χ0) is 19.7. The molecule has 1 fully saturated rings. The number of alkyl halides is 2. The lowest BCUT2D eigenvalue weighted by Gasteiger charge is -2.14. The maximum absolute atomic E-state index is 12.1. The zero-order valence-corrected chi connectivity index (χ0v) is 16.7. The number of ether oxygens (including phenoxy) is 1. The van der Waals surface area contributed by atoms with Crippen LogP contribution >= 0.6 is 34.8 Å². The number of carbonyl (C=O) groups excluding carboxylic acids is 2. The van der Waals surface area contributed by atoms with Gasteiger partial charge in [-0.25, -0.2) is 4.79 Å². The van der Waals surface area contributed by atoms with Crippen LogP contribution in [-0.2, 0) is 0 Å². The van der Waals surface area contributed by atoms with Crippen LogP contribution in [-0.4, -0.2) is 22.9 Å². The molecule has 3 amide bonds. The topological polar surface area (TPSA) is 67.4 Å². The Balaban J connectivity index is 1.51. The van der Waals surface area contributed by atoms with Crippen LogP contribution in [0.15, 0.2) is 48.5 Å². The second-order valence-corrected chi connectivity index (χ2v) is 8.53. The first-order valence-corrected chi connectivity index (χ1v) is 9.31. The number of hydrogen-bond donors (Lipinski definition) is 2. The first-order valence-electron chi connectivity index (χ1n) is 8.18. The molecule has 0 radical (unpaired) electrons. The van der Waals surface area contributed by atoms with Crippen molar-refractivity contribution in [3.63, 3.8) is 0 Å². The highest BCUT2D eigenvalue weighted by Gasteiger charge is 2.63. The SMILES string of the molecule is CC1(COc2ccc(NC(=O)NC(=O)c3ccccc3Cl)cc2)CC1(Cl)Cl. The maximum Gasteiger partial charge on any atom is 0.326 e. The van der Waals surface area contributed by atoms with Gasteiger partial charge in [0, 0.05) is 11.1 Å². The Labute approximate surface area is 171 Å². The summed E-state index contributed by atoms with van der Waals surface area (Å²) in [4.78, 5) is 24.0. The molecule has 1 unspecified atom stereocenters. The molecule has 1 aliphatic rings. The Hall–Kier alpha value is -1.95. The molecule has 142 valence electrons. The number of rotatable bonds is 5. The molecular weight excluding hydrogens is 411 g/mol. The van der Waals surface area contributed by atoms with Gasteiger partial charge in [0.05, 0.1) is 17.2 Å². The van der Waals surface area contributed by atoms with Gasteiger partial charge in [-0.2, -0.15) is 0 Å². The Morgan fingerprint density at radius 2 is 1.74 bits per heavy atom. The van der Waals surface area contributed by atoms with E-state index in [4.69, 9.17) is 39.5 Å². The van der Waals surface area contributed by atoms with Crippen molar-refractivity contribution in [2.24, 2.45) is 5.41 Å². The van der Waals surface area contributed by atoms with Gasteiger partial charge in [-0.15, -0.1) is 23.2 Å². The molecule has 1 aliphatic carbocycles. The quantitative estimate of drug-likeness (QED) is 0.639. The van der Waals surface area contributed by atoms with Crippen molar-refractivity contribution < 1.29 is 14.3 Å². The monoisotopic (exact) mass is 426 g/mol. The molecule has 2 N–H and O–H groups in total. The van der Waals surface area contributed by atoms with Gasteiger partial charge in [0.25, 0.3) is 5.91 Å². The predicted molar refractivity (Wildman–Crippen MR) is 107 cm³/mol. The van der Waals surface area contributed by atoms with Gasteiger partial charge in [0.2, 0.25) is 0 Å². The molecule has 0 aliphatic heterocycles. The molecule has 2 aromatic rings. The molecule has 0 spiro atoms. The number of hydrogen-bond acceptors (Lipinski definition) is 3. The summed E-state index contributed by atoms with van der Waals surface area (Å²) in [6, 6.07) is 12.6. The van der Waals surface area contributed by atoms with E-state index >= 15 is 0 Å². The van der Waals surface area contributed by atoms with E-state index in [2.05, 4.69) is 10.6 Å². The van der Waals surface area contributed by atoms with Crippen molar-refractivity contribution in [3.8, 4) is 5.75 Å². The average Bonchev–Trinajstić information content (AvgIpc) is 3.12. The van der Waals surface area contributed by atoms with Crippen molar-refractivity contribution in [3.05, 3.63) is 59.1 Å². The van der Waals surface area contributed by atoms with Gasteiger partial charge in [0.1, 0.15) is 10.1 Å². The number of nitrogens with one attached hydrogen (secondary N) is 2. The molecule has 0 heterocycles. The molecule has 8 heteroatoms. The summed E-state index contributed by atoms with van der Waals surface area (Å²) in [7, 11) is 0. The number of halogens is 3. The van der Waals surface area contributed by atoms with Crippen LogP contribution in [0.4, 0.5) is 10.5 Å². The number of urea groups is 1. The summed E-state index contributed by atoms with van der Waals surface area (Å²) in [6.07, 6.45) is 0.683. The normalized spacial score (nSPS) is 19.9. The molecule has 1 atom stereocenters. The summed E-state index contributed by atoms with van der Waals surface area (Å²) >= 11 is 18.1.